The van der Waals surface area contributed by atoms with E-state index in [0.29, 0.717) is 18.8 Å². The number of thiol groups is 1. The zero-order valence-corrected chi connectivity index (χ0v) is 11.2. The van der Waals surface area contributed by atoms with Crippen LogP contribution in [0.5, 0.6) is 0 Å². The first kappa shape index (κ1) is 15.5. The van der Waals surface area contributed by atoms with Crippen LogP contribution in [0.3, 0.4) is 0 Å². The number of ether oxygens (including phenoxy) is 1. The molecule has 0 bridgehead atoms. The van der Waals surface area contributed by atoms with Crippen molar-refractivity contribution in [3.05, 3.63) is 12.7 Å². The number of rotatable bonds is 8. The molecule has 16 heavy (non-hydrogen) atoms. The number of carboxylic acids is 1. The van der Waals surface area contributed by atoms with Crippen LogP contribution >= 0.6 is 12.6 Å². The molecule has 0 aromatic carbocycles. The van der Waals surface area contributed by atoms with E-state index in [-0.39, 0.29) is 0 Å². The number of carbonyl (C=O) groups is 1. The van der Waals surface area contributed by atoms with E-state index < -0.39 is 17.0 Å². The van der Waals surface area contributed by atoms with Gasteiger partial charge >= 0.3 is 5.97 Å². The molecule has 0 amide bonds. The lowest BCUT2D eigenvalue weighted by molar-refractivity contribution is -0.148. The molecule has 0 saturated heterocycles. The molecule has 0 aliphatic heterocycles. The first-order chi connectivity index (χ1) is 7.27. The van der Waals surface area contributed by atoms with Gasteiger partial charge in [0.1, 0.15) is 0 Å². The fourth-order valence-corrected chi connectivity index (χ4v) is 1.55. The van der Waals surface area contributed by atoms with Gasteiger partial charge in [-0.1, -0.05) is 6.08 Å². The minimum atomic E-state index is -0.800. The van der Waals surface area contributed by atoms with Crippen LogP contribution in [0.4, 0.5) is 0 Å². The van der Waals surface area contributed by atoms with E-state index in [1.165, 1.54) is 0 Å². The number of hydrogen-bond acceptors (Lipinski definition) is 3. The Morgan fingerprint density at radius 2 is 2.00 bits per heavy atom. The average molecular weight is 246 g/mol. The van der Waals surface area contributed by atoms with Crippen molar-refractivity contribution in [3.63, 3.8) is 0 Å². The maximum absolute atomic E-state index is 10.9. The molecule has 0 radical (unpaired) electrons. The van der Waals surface area contributed by atoms with Gasteiger partial charge in [-0.25, -0.2) is 0 Å². The quantitative estimate of drug-likeness (QED) is 0.511. The summed E-state index contributed by atoms with van der Waals surface area (Å²) in [5.41, 5.74) is -1.15. The van der Waals surface area contributed by atoms with Crippen LogP contribution in [0, 0.1) is 5.41 Å². The van der Waals surface area contributed by atoms with Gasteiger partial charge in [0.25, 0.3) is 0 Å². The van der Waals surface area contributed by atoms with Gasteiger partial charge < -0.3 is 9.84 Å². The molecule has 0 heterocycles. The molecular formula is C12H22O3S. The lowest BCUT2D eigenvalue weighted by atomic mass is 9.90. The third-order valence-corrected chi connectivity index (χ3v) is 3.00. The van der Waals surface area contributed by atoms with Gasteiger partial charge in [-0.3, -0.25) is 4.79 Å². The predicted octanol–water partition coefficient (Wildman–Crippen LogP) is 2.77. The van der Waals surface area contributed by atoms with E-state index in [9.17, 15) is 4.79 Å². The number of carboxylic acid groups (broad SMARTS) is 1. The first-order valence-corrected chi connectivity index (χ1v) is 6.02. The van der Waals surface area contributed by atoms with Crippen LogP contribution in [0.25, 0.3) is 0 Å². The third-order valence-electron chi connectivity index (χ3n) is 2.78. The second kappa shape index (κ2) is 6.30. The Bertz CT molecular complexity index is 251. The van der Waals surface area contributed by atoms with Crippen molar-refractivity contribution in [1.82, 2.24) is 0 Å². The Kier molecular flexibility index (Phi) is 6.11. The molecule has 0 rings (SSSR count). The van der Waals surface area contributed by atoms with Gasteiger partial charge in [-0.15, -0.1) is 6.58 Å². The van der Waals surface area contributed by atoms with E-state index in [4.69, 9.17) is 9.84 Å². The van der Waals surface area contributed by atoms with Crippen molar-refractivity contribution in [2.75, 3.05) is 12.4 Å². The molecule has 1 atom stereocenters. The molecule has 3 nitrogen and oxygen atoms in total. The van der Waals surface area contributed by atoms with E-state index in [2.05, 4.69) is 19.2 Å². The molecule has 0 aliphatic carbocycles. The highest BCUT2D eigenvalue weighted by Crippen LogP contribution is 2.23. The van der Waals surface area contributed by atoms with Gasteiger partial charge in [0.15, 0.2) is 0 Å². The molecular weight excluding hydrogens is 224 g/mol. The lowest BCUT2D eigenvalue weighted by Gasteiger charge is -2.28. The Labute approximate surface area is 103 Å². The topological polar surface area (TPSA) is 46.5 Å². The van der Waals surface area contributed by atoms with Crippen LogP contribution in [-0.4, -0.2) is 29.0 Å². The average Bonchev–Trinajstić information content (AvgIpc) is 2.17. The molecule has 0 spiro atoms. The van der Waals surface area contributed by atoms with Gasteiger partial charge in [-0.05, 0) is 39.4 Å². The summed E-state index contributed by atoms with van der Waals surface area (Å²) in [5, 5.41) is 8.94. The summed E-state index contributed by atoms with van der Waals surface area (Å²) >= 11 is 4.16. The minimum Gasteiger partial charge on any atom is -0.481 e. The van der Waals surface area contributed by atoms with E-state index in [1.54, 1.807) is 19.9 Å². The molecule has 0 fully saturated rings. The molecule has 0 aromatic heterocycles. The summed E-state index contributed by atoms with van der Waals surface area (Å²) in [6, 6.07) is 0. The Hall–Kier alpha value is -0.480. The van der Waals surface area contributed by atoms with Gasteiger partial charge in [0.05, 0.1) is 11.0 Å². The molecule has 0 saturated carbocycles. The molecule has 4 heteroatoms. The van der Waals surface area contributed by atoms with Crippen molar-refractivity contribution in [2.24, 2.45) is 5.41 Å². The van der Waals surface area contributed by atoms with Gasteiger partial charge in [0.2, 0.25) is 0 Å². The lowest BCUT2D eigenvalue weighted by Crippen LogP contribution is -2.31. The van der Waals surface area contributed by atoms with E-state index in [1.807, 2.05) is 6.92 Å². The highest BCUT2D eigenvalue weighted by molar-refractivity contribution is 7.80. The van der Waals surface area contributed by atoms with Crippen LogP contribution in [0.1, 0.15) is 33.6 Å². The van der Waals surface area contributed by atoms with Crippen molar-refractivity contribution >= 4 is 18.6 Å². The summed E-state index contributed by atoms with van der Waals surface area (Å²) in [5.74, 6) is -0.0872. The van der Waals surface area contributed by atoms with E-state index in [0.717, 1.165) is 6.42 Å². The first-order valence-electron chi connectivity index (χ1n) is 5.39. The Morgan fingerprint density at radius 1 is 1.44 bits per heavy atom. The molecule has 0 aliphatic rings. The second-order valence-electron chi connectivity index (χ2n) is 4.78. The minimum absolute atomic E-state index is 0.406. The zero-order chi connectivity index (χ0) is 12.8. The van der Waals surface area contributed by atoms with Crippen molar-refractivity contribution in [2.45, 2.75) is 39.2 Å². The SMILES string of the molecule is C=CC(C)(CCS)OCCC(C)(C)C(=O)O. The standard InChI is InChI=1S/C12H22O3S/c1-5-12(4,7-9-16)15-8-6-11(2,3)10(13)14/h5,16H,1,6-9H2,2-4H3,(H,13,14). The number of hydrogen-bond donors (Lipinski definition) is 2. The summed E-state index contributed by atoms with van der Waals surface area (Å²) in [6.45, 7) is 9.47. The van der Waals surface area contributed by atoms with Crippen LogP contribution < -0.4 is 0 Å². The van der Waals surface area contributed by atoms with Crippen LogP contribution in [-0.2, 0) is 9.53 Å². The molecule has 0 aromatic rings. The Morgan fingerprint density at radius 3 is 2.38 bits per heavy atom. The fourth-order valence-electron chi connectivity index (χ4n) is 1.10. The molecule has 94 valence electrons. The highest BCUT2D eigenvalue weighted by atomic mass is 32.1. The monoisotopic (exact) mass is 246 g/mol. The third kappa shape index (κ3) is 5.03. The van der Waals surface area contributed by atoms with Crippen molar-refractivity contribution < 1.29 is 14.6 Å². The summed E-state index contributed by atoms with van der Waals surface area (Å²) in [4.78, 5) is 10.9. The second-order valence-corrected chi connectivity index (χ2v) is 5.23. The van der Waals surface area contributed by atoms with Crippen molar-refractivity contribution in [3.8, 4) is 0 Å². The summed E-state index contributed by atoms with van der Waals surface area (Å²) in [7, 11) is 0. The fraction of sp³-hybridized carbons (Fsp3) is 0.750. The zero-order valence-electron chi connectivity index (χ0n) is 10.3. The van der Waals surface area contributed by atoms with Crippen LogP contribution in [0.15, 0.2) is 12.7 Å². The largest absolute Gasteiger partial charge is 0.481 e. The van der Waals surface area contributed by atoms with E-state index >= 15 is 0 Å². The normalized spacial score (nSPS) is 15.5. The summed E-state index contributed by atoms with van der Waals surface area (Å²) < 4.78 is 5.67. The molecule has 1 unspecified atom stereocenters. The van der Waals surface area contributed by atoms with Crippen molar-refractivity contribution in [1.29, 1.82) is 0 Å². The smallest absolute Gasteiger partial charge is 0.309 e. The van der Waals surface area contributed by atoms with Crippen LogP contribution in [0.2, 0.25) is 0 Å². The predicted molar refractivity (Wildman–Crippen MR) is 69.1 cm³/mol. The van der Waals surface area contributed by atoms with Gasteiger partial charge in [0, 0.05) is 6.61 Å². The summed E-state index contributed by atoms with van der Waals surface area (Å²) in [6.07, 6.45) is 3.00. The number of aliphatic carboxylic acids is 1. The molecule has 1 N–H and O–H groups in total. The maximum Gasteiger partial charge on any atom is 0.309 e. The Balaban J connectivity index is 4.15. The maximum atomic E-state index is 10.9. The highest BCUT2D eigenvalue weighted by Gasteiger charge is 2.28. The van der Waals surface area contributed by atoms with Gasteiger partial charge in [-0.2, -0.15) is 12.6 Å².